The lowest BCUT2D eigenvalue weighted by molar-refractivity contribution is -0.160. The van der Waals surface area contributed by atoms with Crippen molar-refractivity contribution < 1.29 is 19.4 Å². The van der Waals surface area contributed by atoms with Gasteiger partial charge in [0.15, 0.2) is 0 Å². The Bertz CT molecular complexity index is 278. The lowest BCUT2D eigenvalue weighted by atomic mass is 9.90. The summed E-state index contributed by atoms with van der Waals surface area (Å²) in [6.45, 7) is 9.43. The van der Waals surface area contributed by atoms with E-state index in [1.807, 2.05) is 6.92 Å². The number of aliphatic carboxylic acids is 1. The van der Waals surface area contributed by atoms with Gasteiger partial charge in [-0.15, -0.1) is 0 Å². The number of hydrogen-bond donors (Lipinski definition) is 1. The number of ether oxygens (including phenoxy) is 1. The van der Waals surface area contributed by atoms with E-state index in [0.29, 0.717) is 12.3 Å². The minimum atomic E-state index is -0.913. The molecule has 0 fully saturated rings. The van der Waals surface area contributed by atoms with E-state index in [1.165, 1.54) is 0 Å². The Morgan fingerprint density at radius 3 is 2.22 bits per heavy atom. The van der Waals surface area contributed by atoms with Crippen LogP contribution in [-0.4, -0.2) is 22.6 Å². The van der Waals surface area contributed by atoms with Gasteiger partial charge in [0.1, 0.15) is 5.60 Å². The molecular weight excluding hydrogens is 232 g/mol. The van der Waals surface area contributed by atoms with E-state index in [-0.39, 0.29) is 6.42 Å². The van der Waals surface area contributed by atoms with E-state index >= 15 is 0 Å². The van der Waals surface area contributed by atoms with Gasteiger partial charge in [-0.25, -0.2) is 0 Å². The first-order valence-corrected chi connectivity index (χ1v) is 6.60. The second kappa shape index (κ2) is 7.39. The van der Waals surface area contributed by atoms with Crippen LogP contribution in [-0.2, 0) is 14.3 Å². The molecule has 0 spiro atoms. The van der Waals surface area contributed by atoms with Crippen LogP contribution >= 0.6 is 0 Å². The van der Waals surface area contributed by atoms with Crippen LogP contribution in [0.2, 0.25) is 0 Å². The van der Waals surface area contributed by atoms with Crippen LogP contribution in [0.3, 0.4) is 0 Å². The fourth-order valence-corrected chi connectivity index (χ4v) is 1.95. The molecule has 1 unspecified atom stereocenters. The highest BCUT2D eigenvalue weighted by atomic mass is 16.6. The van der Waals surface area contributed by atoms with Gasteiger partial charge in [0.25, 0.3) is 0 Å². The molecule has 0 saturated heterocycles. The van der Waals surface area contributed by atoms with Crippen molar-refractivity contribution in [2.45, 2.75) is 65.9 Å². The monoisotopic (exact) mass is 258 g/mol. The Morgan fingerprint density at radius 1 is 1.28 bits per heavy atom. The lowest BCUT2D eigenvalue weighted by Crippen LogP contribution is -2.28. The molecule has 1 N–H and O–H groups in total. The van der Waals surface area contributed by atoms with Crippen molar-refractivity contribution in [2.24, 2.45) is 11.8 Å². The summed E-state index contributed by atoms with van der Waals surface area (Å²) in [6, 6.07) is 0. The first-order chi connectivity index (χ1) is 8.15. The van der Waals surface area contributed by atoms with Crippen LogP contribution in [0.25, 0.3) is 0 Å². The maximum absolute atomic E-state index is 11.6. The number of carbonyl (C=O) groups excluding carboxylic acids is 1. The molecule has 0 aromatic heterocycles. The van der Waals surface area contributed by atoms with Gasteiger partial charge >= 0.3 is 11.9 Å². The van der Waals surface area contributed by atoms with Crippen molar-refractivity contribution in [1.82, 2.24) is 0 Å². The van der Waals surface area contributed by atoms with Crippen LogP contribution in [0, 0.1) is 11.8 Å². The normalized spacial score (nSPS) is 14.9. The van der Waals surface area contributed by atoms with E-state index in [9.17, 15) is 9.59 Å². The summed E-state index contributed by atoms with van der Waals surface area (Å²) < 4.78 is 5.16. The molecule has 4 nitrogen and oxygen atoms in total. The first-order valence-electron chi connectivity index (χ1n) is 6.60. The molecule has 0 saturated carbocycles. The molecular formula is C14H26O4. The van der Waals surface area contributed by atoms with Crippen molar-refractivity contribution in [2.75, 3.05) is 0 Å². The zero-order chi connectivity index (χ0) is 14.3. The SMILES string of the molecule is CCC[C@H](C)CC(CC(=O)OC(C)(C)C)C(=O)O. The molecule has 18 heavy (non-hydrogen) atoms. The summed E-state index contributed by atoms with van der Waals surface area (Å²) in [5.74, 6) is -1.66. The molecule has 0 amide bonds. The van der Waals surface area contributed by atoms with Gasteiger partial charge in [0.05, 0.1) is 12.3 Å². The van der Waals surface area contributed by atoms with Crippen molar-refractivity contribution in [3.05, 3.63) is 0 Å². The first kappa shape index (κ1) is 16.9. The zero-order valence-corrected chi connectivity index (χ0v) is 12.2. The van der Waals surface area contributed by atoms with E-state index in [0.717, 1.165) is 12.8 Å². The third kappa shape index (κ3) is 8.09. The van der Waals surface area contributed by atoms with Crippen LogP contribution in [0.1, 0.15) is 60.3 Å². The van der Waals surface area contributed by atoms with Gasteiger partial charge in [-0.2, -0.15) is 0 Å². The van der Waals surface area contributed by atoms with Crippen LogP contribution in [0.5, 0.6) is 0 Å². The minimum absolute atomic E-state index is 0.0410. The maximum atomic E-state index is 11.6. The highest BCUT2D eigenvalue weighted by Gasteiger charge is 2.26. The molecule has 0 bridgehead atoms. The minimum Gasteiger partial charge on any atom is -0.481 e. The second-order valence-corrected chi connectivity index (χ2v) is 5.96. The highest BCUT2D eigenvalue weighted by molar-refractivity contribution is 5.78. The predicted molar refractivity (Wildman–Crippen MR) is 70.3 cm³/mol. The Morgan fingerprint density at radius 2 is 1.83 bits per heavy atom. The second-order valence-electron chi connectivity index (χ2n) is 5.96. The molecule has 0 aliphatic carbocycles. The smallest absolute Gasteiger partial charge is 0.307 e. The number of esters is 1. The summed E-state index contributed by atoms with van der Waals surface area (Å²) in [6.07, 6.45) is 2.50. The van der Waals surface area contributed by atoms with E-state index in [4.69, 9.17) is 9.84 Å². The molecule has 106 valence electrons. The summed E-state index contributed by atoms with van der Waals surface area (Å²) in [5.41, 5.74) is -0.560. The maximum Gasteiger partial charge on any atom is 0.307 e. The summed E-state index contributed by atoms with van der Waals surface area (Å²) >= 11 is 0. The average molecular weight is 258 g/mol. The lowest BCUT2D eigenvalue weighted by Gasteiger charge is -2.22. The number of carboxylic acid groups (broad SMARTS) is 1. The predicted octanol–water partition coefficient (Wildman–Crippen LogP) is 3.25. The van der Waals surface area contributed by atoms with Crippen molar-refractivity contribution in [1.29, 1.82) is 0 Å². The van der Waals surface area contributed by atoms with Gasteiger partial charge in [0, 0.05) is 0 Å². The number of carbonyl (C=O) groups is 2. The molecule has 0 radical (unpaired) electrons. The third-order valence-electron chi connectivity index (χ3n) is 2.65. The van der Waals surface area contributed by atoms with Crippen molar-refractivity contribution in [3.8, 4) is 0 Å². The number of carboxylic acids is 1. The van der Waals surface area contributed by atoms with Gasteiger partial charge < -0.3 is 9.84 Å². The molecule has 0 rings (SSSR count). The largest absolute Gasteiger partial charge is 0.481 e. The van der Waals surface area contributed by atoms with Gasteiger partial charge in [0.2, 0.25) is 0 Å². The van der Waals surface area contributed by atoms with Crippen molar-refractivity contribution >= 4 is 11.9 Å². The number of rotatable bonds is 7. The molecule has 0 heterocycles. The summed E-state index contributed by atoms with van der Waals surface area (Å²) in [5, 5.41) is 9.13. The fraction of sp³-hybridized carbons (Fsp3) is 0.857. The quantitative estimate of drug-likeness (QED) is 0.712. The van der Waals surface area contributed by atoms with Crippen LogP contribution in [0.4, 0.5) is 0 Å². The van der Waals surface area contributed by atoms with Crippen molar-refractivity contribution in [3.63, 3.8) is 0 Å². The highest BCUT2D eigenvalue weighted by Crippen LogP contribution is 2.21. The topological polar surface area (TPSA) is 63.6 Å². The van der Waals surface area contributed by atoms with E-state index < -0.39 is 23.5 Å². The Labute approximate surface area is 110 Å². The molecule has 2 atom stereocenters. The molecule has 4 heteroatoms. The Balaban J connectivity index is 4.36. The van der Waals surface area contributed by atoms with Gasteiger partial charge in [-0.1, -0.05) is 26.7 Å². The Kier molecular flexibility index (Phi) is 6.96. The summed E-state index contributed by atoms with van der Waals surface area (Å²) in [7, 11) is 0. The molecule has 0 aromatic carbocycles. The van der Waals surface area contributed by atoms with E-state index in [2.05, 4.69) is 6.92 Å². The van der Waals surface area contributed by atoms with Crippen LogP contribution in [0.15, 0.2) is 0 Å². The standard InChI is InChI=1S/C14H26O4/c1-6-7-10(2)8-11(13(16)17)9-12(15)18-14(3,4)5/h10-11H,6-9H2,1-5H3,(H,16,17)/t10-,11?/m0/s1. The molecule has 0 aliphatic rings. The summed E-state index contributed by atoms with van der Waals surface area (Å²) in [4.78, 5) is 22.8. The van der Waals surface area contributed by atoms with Gasteiger partial charge in [-0.3, -0.25) is 9.59 Å². The fourth-order valence-electron chi connectivity index (χ4n) is 1.95. The molecule has 0 aliphatic heterocycles. The average Bonchev–Trinajstić information content (AvgIpc) is 2.13. The van der Waals surface area contributed by atoms with Gasteiger partial charge in [-0.05, 0) is 33.1 Å². The zero-order valence-electron chi connectivity index (χ0n) is 12.2. The van der Waals surface area contributed by atoms with E-state index in [1.54, 1.807) is 20.8 Å². The molecule has 0 aromatic rings. The van der Waals surface area contributed by atoms with Crippen LogP contribution < -0.4 is 0 Å². The Hall–Kier alpha value is -1.06. The number of hydrogen-bond acceptors (Lipinski definition) is 3. The third-order valence-corrected chi connectivity index (χ3v) is 2.65.